The van der Waals surface area contributed by atoms with Crippen molar-refractivity contribution in [1.29, 1.82) is 0 Å². The lowest BCUT2D eigenvalue weighted by Gasteiger charge is -2.15. The molecule has 0 aliphatic carbocycles. The molecule has 0 saturated carbocycles. The van der Waals surface area contributed by atoms with Crippen LogP contribution in [0.2, 0.25) is 0 Å². The number of carbonyl (C=O) groups is 1. The predicted octanol–water partition coefficient (Wildman–Crippen LogP) is 2.76. The Morgan fingerprint density at radius 2 is 1.79 bits per heavy atom. The van der Waals surface area contributed by atoms with Crippen LogP contribution < -0.4 is 10.1 Å². The number of aryl methyl sites for hydroxylation is 1. The van der Waals surface area contributed by atoms with Crippen molar-refractivity contribution in [3.05, 3.63) is 59.2 Å². The molecule has 0 aliphatic rings. The first-order valence-electron chi connectivity index (χ1n) is 7.99. The number of sulfone groups is 1. The molecule has 2 aromatic rings. The van der Waals surface area contributed by atoms with Crippen LogP contribution in [0.15, 0.2) is 47.4 Å². The highest BCUT2D eigenvalue weighted by molar-refractivity contribution is 7.90. The van der Waals surface area contributed by atoms with Gasteiger partial charge in [0, 0.05) is 18.4 Å². The van der Waals surface area contributed by atoms with E-state index in [0.717, 1.165) is 18.4 Å². The summed E-state index contributed by atoms with van der Waals surface area (Å²) in [4.78, 5) is 12.3. The molecule has 0 radical (unpaired) electrons. The summed E-state index contributed by atoms with van der Waals surface area (Å²) in [5, 5.41) is 12.6. The molecule has 2 rings (SSSR count). The second-order valence-corrected chi connectivity index (χ2v) is 8.11. The zero-order chi connectivity index (χ0) is 21.1. The third kappa shape index (κ3) is 5.96. The number of carbonyl (C=O) groups excluding carboxylic acids is 1. The van der Waals surface area contributed by atoms with E-state index in [2.05, 4.69) is 10.1 Å². The predicted molar refractivity (Wildman–Crippen MR) is 94.7 cm³/mol. The van der Waals surface area contributed by atoms with Gasteiger partial charge in [0.1, 0.15) is 5.75 Å². The lowest BCUT2D eigenvalue weighted by Crippen LogP contribution is -2.29. The van der Waals surface area contributed by atoms with E-state index in [1.165, 1.54) is 30.3 Å². The number of nitrogens with one attached hydrogen (secondary N) is 1. The number of aliphatic hydroxyl groups excluding tert-OH is 1. The van der Waals surface area contributed by atoms with Gasteiger partial charge in [-0.1, -0.05) is 18.2 Å². The summed E-state index contributed by atoms with van der Waals surface area (Å²) >= 11 is 0. The van der Waals surface area contributed by atoms with Gasteiger partial charge in [0.25, 0.3) is 5.91 Å². The Hall–Kier alpha value is -2.59. The minimum atomic E-state index is -4.81. The number of alkyl halides is 3. The maximum absolute atomic E-state index is 12.3. The number of benzene rings is 2. The molecular formula is C18H18F3NO5S. The van der Waals surface area contributed by atoms with Crippen LogP contribution in [0.4, 0.5) is 13.2 Å². The normalized spacial score (nSPS) is 13.1. The molecule has 0 aromatic heterocycles. The zero-order valence-corrected chi connectivity index (χ0v) is 15.8. The second-order valence-electron chi connectivity index (χ2n) is 6.09. The Balaban J connectivity index is 2.05. The van der Waals surface area contributed by atoms with Gasteiger partial charge in [-0.3, -0.25) is 4.79 Å². The van der Waals surface area contributed by atoms with Gasteiger partial charge < -0.3 is 15.2 Å². The van der Waals surface area contributed by atoms with Crippen molar-refractivity contribution < 1.29 is 36.2 Å². The first-order chi connectivity index (χ1) is 12.9. The fourth-order valence-corrected chi connectivity index (χ4v) is 3.02. The van der Waals surface area contributed by atoms with Crippen LogP contribution in [-0.2, 0) is 9.84 Å². The quantitative estimate of drug-likeness (QED) is 0.754. The largest absolute Gasteiger partial charge is 0.573 e. The molecule has 1 unspecified atom stereocenters. The molecule has 0 fully saturated rings. The molecule has 2 aromatic carbocycles. The number of ether oxygens (including phenoxy) is 1. The van der Waals surface area contributed by atoms with E-state index >= 15 is 0 Å². The van der Waals surface area contributed by atoms with Gasteiger partial charge >= 0.3 is 6.36 Å². The zero-order valence-electron chi connectivity index (χ0n) is 14.9. The second kappa shape index (κ2) is 8.19. The Morgan fingerprint density at radius 3 is 2.32 bits per heavy atom. The minimum Gasteiger partial charge on any atom is -0.406 e. The van der Waals surface area contributed by atoms with Crippen molar-refractivity contribution in [2.24, 2.45) is 0 Å². The van der Waals surface area contributed by atoms with Gasteiger partial charge in [-0.25, -0.2) is 8.42 Å². The summed E-state index contributed by atoms with van der Waals surface area (Å²) in [6.07, 6.45) is -4.97. The van der Waals surface area contributed by atoms with Crippen molar-refractivity contribution in [3.63, 3.8) is 0 Å². The van der Waals surface area contributed by atoms with Crippen LogP contribution in [0, 0.1) is 6.92 Å². The fourth-order valence-electron chi connectivity index (χ4n) is 2.37. The number of hydrogen-bond donors (Lipinski definition) is 2. The smallest absolute Gasteiger partial charge is 0.406 e. The molecule has 6 nitrogen and oxygen atoms in total. The monoisotopic (exact) mass is 417 g/mol. The van der Waals surface area contributed by atoms with E-state index in [1.807, 2.05) is 0 Å². The molecule has 10 heteroatoms. The van der Waals surface area contributed by atoms with Crippen molar-refractivity contribution in [2.45, 2.75) is 24.3 Å². The molecular weight excluding hydrogens is 399 g/mol. The number of halogens is 3. The van der Waals surface area contributed by atoms with Crippen LogP contribution in [0.3, 0.4) is 0 Å². The maximum Gasteiger partial charge on any atom is 0.573 e. The average Bonchev–Trinajstić information content (AvgIpc) is 2.58. The topological polar surface area (TPSA) is 92.7 Å². The van der Waals surface area contributed by atoms with Crippen molar-refractivity contribution in [3.8, 4) is 5.75 Å². The van der Waals surface area contributed by atoms with Gasteiger partial charge in [-0.2, -0.15) is 0 Å². The molecule has 152 valence electrons. The van der Waals surface area contributed by atoms with E-state index in [9.17, 15) is 31.5 Å². The molecule has 1 atom stereocenters. The summed E-state index contributed by atoms with van der Waals surface area (Å²) in [7, 11) is -3.49. The molecule has 1 amide bonds. The minimum absolute atomic E-state index is 0.0101. The van der Waals surface area contributed by atoms with E-state index < -0.39 is 34.0 Å². The van der Waals surface area contributed by atoms with Crippen LogP contribution in [0.25, 0.3) is 0 Å². The summed E-state index contributed by atoms with van der Waals surface area (Å²) in [5.74, 6) is -1.01. The van der Waals surface area contributed by atoms with Gasteiger partial charge in [-0.15, -0.1) is 13.2 Å². The highest BCUT2D eigenvalue weighted by Crippen LogP contribution is 2.24. The van der Waals surface area contributed by atoms with Gasteiger partial charge in [-0.05, 0) is 42.3 Å². The van der Waals surface area contributed by atoms with E-state index in [-0.39, 0.29) is 22.6 Å². The third-order valence-electron chi connectivity index (χ3n) is 3.84. The van der Waals surface area contributed by atoms with Gasteiger partial charge in [0.15, 0.2) is 9.84 Å². The summed E-state index contributed by atoms with van der Waals surface area (Å²) < 4.78 is 63.5. The summed E-state index contributed by atoms with van der Waals surface area (Å²) in [5.41, 5.74) is 0.966. The number of rotatable bonds is 6. The highest BCUT2D eigenvalue weighted by Gasteiger charge is 2.31. The van der Waals surface area contributed by atoms with Crippen molar-refractivity contribution in [2.75, 3.05) is 12.8 Å². The fraction of sp³-hybridized carbons (Fsp3) is 0.278. The first kappa shape index (κ1) is 21.7. The van der Waals surface area contributed by atoms with E-state index in [1.54, 1.807) is 6.92 Å². The molecule has 0 heterocycles. The molecule has 0 saturated heterocycles. The standard InChI is InChI=1S/C18H18F3NO5S/c1-11-3-8-14(28(2,25)26)9-15(11)17(24)22-10-16(23)12-4-6-13(7-5-12)27-18(19,20)21/h3-9,16,23H,10H2,1-2H3,(H,22,24). The Morgan fingerprint density at radius 1 is 1.18 bits per heavy atom. The summed E-state index contributed by atoms with van der Waals surface area (Å²) in [6, 6.07) is 8.72. The van der Waals surface area contributed by atoms with Gasteiger partial charge in [0.2, 0.25) is 0 Å². The Bertz CT molecular complexity index is 956. The molecule has 0 spiro atoms. The number of amides is 1. The molecule has 2 N–H and O–H groups in total. The Kier molecular flexibility index (Phi) is 6.35. The average molecular weight is 417 g/mol. The molecule has 0 aliphatic heterocycles. The molecule has 28 heavy (non-hydrogen) atoms. The van der Waals surface area contributed by atoms with Crippen LogP contribution in [0.1, 0.15) is 27.6 Å². The third-order valence-corrected chi connectivity index (χ3v) is 4.95. The number of aliphatic hydroxyl groups is 1. The van der Waals surface area contributed by atoms with Crippen molar-refractivity contribution >= 4 is 15.7 Å². The first-order valence-corrected chi connectivity index (χ1v) is 9.88. The van der Waals surface area contributed by atoms with Crippen LogP contribution >= 0.6 is 0 Å². The maximum atomic E-state index is 12.3. The van der Waals surface area contributed by atoms with E-state index in [0.29, 0.717) is 5.56 Å². The lowest BCUT2D eigenvalue weighted by molar-refractivity contribution is -0.274. The number of hydrogen-bond acceptors (Lipinski definition) is 5. The van der Waals surface area contributed by atoms with Crippen LogP contribution in [-0.4, -0.2) is 38.6 Å². The van der Waals surface area contributed by atoms with Crippen LogP contribution in [0.5, 0.6) is 5.75 Å². The van der Waals surface area contributed by atoms with Gasteiger partial charge in [0.05, 0.1) is 11.0 Å². The summed E-state index contributed by atoms with van der Waals surface area (Å²) in [6.45, 7) is 1.41. The SMILES string of the molecule is Cc1ccc(S(C)(=O)=O)cc1C(=O)NCC(O)c1ccc(OC(F)(F)F)cc1. The van der Waals surface area contributed by atoms with Crippen molar-refractivity contribution in [1.82, 2.24) is 5.32 Å². The lowest BCUT2D eigenvalue weighted by atomic mass is 10.1. The molecule has 0 bridgehead atoms. The van der Waals surface area contributed by atoms with E-state index in [4.69, 9.17) is 0 Å². The Labute approximate surface area is 159 Å². The highest BCUT2D eigenvalue weighted by atomic mass is 32.2.